The van der Waals surface area contributed by atoms with Gasteiger partial charge in [-0.1, -0.05) is 18.2 Å². The van der Waals surface area contributed by atoms with Gasteiger partial charge in [-0.25, -0.2) is 8.78 Å². The van der Waals surface area contributed by atoms with E-state index in [2.05, 4.69) is 5.32 Å². The summed E-state index contributed by atoms with van der Waals surface area (Å²) in [7, 11) is 0. The van der Waals surface area contributed by atoms with Crippen molar-refractivity contribution in [1.29, 1.82) is 0 Å². The third kappa shape index (κ3) is 1.29. The average Bonchev–Trinajstić information content (AvgIpc) is 2.82. The highest BCUT2D eigenvalue weighted by molar-refractivity contribution is 5.39. The number of nitrogens with one attached hydrogen (secondary N) is 1. The fourth-order valence-corrected chi connectivity index (χ4v) is 2.77. The Bertz CT molecular complexity index is 391. The Morgan fingerprint density at radius 2 is 2.27 bits per heavy atom. The van der Waals surface area contributed by atoms with Crippen LogP contribution in [-0.2, 0) is 5.41 Å². The Morgan fingerprint density at radius 1 is 1.40 bits per heavy atom. The van der Waals surface area contributed by atoms with E-state index >= 15 is 0 Å². The molecule has 1 aliphatic carbocycles. The van der Waals surface area contributed by atoms with Gasteiger partial charge in [-0.05, 0) is 30.5 Å². The molecule has 0 amide bonds. The van der Waals surface area contributed by atoms with Crippen molar-refractivity contribution in [2.24, 2.45) is 5.92 Å². The summed E-state index contributed by atoms with van der Waals surface area (Å²) in [6.45, 7) is 1.99. The first-order valence-electron chi connectivity index (χ1n) is 5.32. The molecule has 2 unspecified atom stereocenters. The molecule has 1 saturated heterocycles. The molecule has 3 heteroatoms. The molecule has 1 heterocycles. The summed E-state index contributed by atoms with van der Waals surface area (Å²) < 4.78 is 25.1. The van der Waals surface area contributed by atoms with Gasteiger partial charge < -0.3 is 5.32 Å². The lowest BCUT2D eigenvalue weighted by molar-refractivity contribution is 0.151. The number of halogens is 2. The van der Waals surface area contributed by atoms with Gasteiger partial charge in [0.2, 0.25) is 0 Å². The van der Waals surface area contributed by atoms with Crippen LogP contribution in [0.15, 0.2) is 24.3 Å². The molecule has 0 aromatic heterocycles. The standard InChI is InChI=1S/C12H13F2N/c13-11(14)8-2-1-3-9(4-8)12-5-10(12)6-15-7-12/h1-4,10-11,15H,5-7H2. The Hall–Kier alpha value is -0.960. The molecule has 0 bridgehead atoms. The van der Waals surface area contributed by atoms with Crippen LogP contribution in [0.25, 0.3) is 0 Å². The maximum absolute atomic E-state index is 12.6. The first kappa shape index (κ1) is 9.28. The Balaban J connectivity index is 1.96. The van der Waals surface area contributed by atoms with Crippen molar-refractivity contribution in [2.45, 2.75) is 18.3 Å². The van der Waals surface area contributed by atoms with Crippen molar-refractivity contribution < 1.29 is 8.78 Å². The minimum atomic E-state index is -2.35. The Morgan fingerprint density at radius 3 is 2.87 bits per heavy atom. The van der Waals surface area contributed by atoms with E-state index in [1.54, 1.807) is 12.1 Å². The van der Waals surface area contributed by atoms with E-state index in [9.17, 15) is 8.78 Å². The van der Waals surface area contributed by atoms with E-state index < -0.39 is 6.43 Å². The van der Waals surface area contributed by atoms with Crippen molar-refractivity contribution in [3.63, 3.8) is 0 Å². The van der Waals surface area contributed by atoms with Crippen LogP contribution in [-0.4, -0.2) is 13.1 Å². The lowest BCUT2D eigenvalue weighted by Crippen LogP contribution is -2.19. The molecule has 15 heavy (non-hydrogen) atoms. The predicted octanol–water partition coefficient (Wildman–Crippen LogP) is 2.49. The van der Waals surface area contributed by atoms with E-state index in [1.165, 1.54) is 6.07 Å². The summed E-state index contributed by atoms with van der Waals surface area (Å²) in [5.41, 5.74) is 1.43. The zero-order valence-electron chi connectivity index (χ0n) is 8.34. The third-order valence-electron chi connectivity index (χ3n) is 3.78. The normalized spacial score (nSPS) is 33.1. The minimum Gasteiger partial charge on any atom is -0.316 e. The SMILES string of the molecule is FC(F)c1cccc(C23CNCC2C3)c1. The molecule has 2 fully saturated rings. The molecule has 0 spiro atoms. The number of hydrogen-bond donors (Lipinski definition) is 1. The molecule has 1 aliphatic heterocycles. The van der Waals surface area contributed by atoms with Gasteiger partial charge >= 0.3 is 0 Å². The number of fused-ring (bicyclic) bond motifs is 1. The van der Waals surface area contributed by atoms with Crippen LogP contribution < -0.4 is 5.32 Å². The molecule has 1 nitrogen and oxygen atoms in total. The molecular weight excluding hydrogens is 196 g/mol. The van der Waals surface area contributed by atoms with Crippen LogP contribution in [0.2, 0.25) is 0 Å². The first-order valence-corrected chi connectivity index (χ1v) is 5.32. The fraction of sp³-hybridized carbons (Fsp3) is 0.500. The molecule has 1 saturated carbocycles. The third-order valence-corrected chi connectivity index (χ3v) is 3.78. The lowest BCUT2D eigenvalue weighted by atomic mass is 9.94. The van der Waals surface area contributed by atoms with E-state index in [0.29, 0.717) is 5.92 Å². The number of benzene rings is 1. The molecule has 1 aromatic carbocycles. The lowest BCUT2D eigenvalue weighted by Gasteiger charge is -2.13. The molecule has 1 N–H and O–H groups in total. The van der Waals surface area contributed by atoms with Gasteiger partial charge in [-0.15, -0.1) is 0 Å². The van der Waals surface area contributed by atoms with Gasteiger partial charge in [0.25, 0.3) is 6.43 Å². The maximum atomic E-state index is 12.6. The van der Waals surface area contributed by atoms with Crippen molar-refractivity contribution in [1.82, 2.24) is 5.32 Å². The van der Waals surface area contributed by atoms with E-state index in [-0.39, 0.29) is 11.0 Å². The summed E-state index contributed by atoms with van der Waals surface area (Å²) in [5.74, 6) is 0.672. The molecular formula is C12H13F2N. The highest BCUT2D eigenvalue weighted by atomic mass is 19.3. The van der Waals surface area contributed by atoms with Gasteiger partial charge in [0.1, 0.15) is 0 Å². The van der Waals surface area contributed by atoms with Crippen LogP contribution in [0.5, 0.6) is 0 Å². The molecule has 80 valence electrons. The highest BCUT2D eigenvalue weighted by Gasteiger charge is 2.57. The number of alkyl halides is 2. The van der Waals surface area contributed by atoms with Crippen molar-refractivity contribution in [2.75, 3.05) is 13.1 Å². The Kier molecular flexibility index (Phi) is 1.87. The van der Waals surface area contributed by atoms with Crippen molar-refractivity contribution in [3.05, 3.63) is 35.4 Å². The van der Waals surface area contributed by atoms with E-state index in [4.69, 9.17) is 0 Å². The summed E-state index contributed by atoms with van der Waals surface area (Å²) in [4.78, 5) is 0. The fourth-order valence-electron chi connectivity index (χ4n) is 2.77. The zero-order chi connectivity index (χ0) is 10.5. The van der Waals surface area contributed by atoms with Gasteiger partial charge in [-0.3, -0.25) is 0 Å². The quantitative estimate of drug-likeness (QED) is 0.789. The molecule has 1 aromatic rings. The summed E-state index contributed by atoms with van der Waals surface area (Å²) in [5, 5.41) is 3.32. The second kappa shape index (κ2) is 3.01. The number of piperidine rings is 1. The van der Waals surface area contributed by atoms with Crippen LogP contribution in [0.4, 0.5) is 8.78 Å². The van der Waals surface area contributed by atoms with Gasteiger partial charge in [0.05, 0.1) is 0 Å². The van der Waals surface area contributed by atoms with Crippen LogP contribution in [0, 0.1) is 5.92 Å². The monoisotopic (exact) mass is 209 g/mol. The van der Waals surface area contributed by atoms with Gasteiger partial charge in [0.15, 0.2) is 0 Å². The average molecular weight is 209 g/mol. The van der Waals surface area contributed by atoms with Crippen LogP contribution in [0.1, 0.15) is 24.0 Å². The zero-order valence-corrected chi connectivity index (χ0v) is 8.34. The number of rotatable bonds is 2. The van der Waals surface area contributed by atoms with E-state index in [1.807, 2.05) is 6.07 Å². The summed E-state index contributed by atoms with van der Waals surface area (Å²) in [6.07, 6.45) is -1.19. The number of hydrogen-bond acceptors (Lipinski definition) is 1. The van der Waals surface area contributed by atoms with Gasteiger partial charge in [0, 0.05) is 17.5 Å². The highest BCUT2D eigenvalue weighted by Crippen LogP contribution is 2.56. The molecule has 0 radical (unpaired) electrons. The second-order valence-electron chi connectivity index (χ2n) is 4.61. The predicted molar refractivity (Wildman–Crippen MR) is 54.1 cm³/mol. The van der Waals surface area contributed by atoms with E-state index in [0.717, 1.165) is 25.1 Å². The second-order valence-corrected chi connectivity index (χ2v) is 4.61. The van der Waals surface area contributed by atoms with Gasteiger partial charge in [-0.2, -0.15) is 0 Å². The smallest absolute Gasteiger partial charge is 0.263 e. The molecule has 2 aliphatic rings. The Labute approximate surface area is 87.5 Å². The first-order chi connectivity index (χ1) is 7.22. The molecule has 2 atom stereocenters. The summed E-state index contributed by atoms with van der Waals surface area (Å²) >= 11 is 0. The van der Waals surface area contributed by atoms with Crippen LogP contribution >= 0.6 is 0 Å². The van der Waals surface area contributed by atoms with Crippen LogP contribution in [0.3, 0.4) is 0 Å². The summed E-state index contributed by atoms with van der Waals surface area (Å²) in [6, 6.07) is 6.92. The van der Waals surface area contributed by atoms with Crippen molar-refractivity contribution >= 4 is 0 Å². The topological polar surface area (TPSA) is 12.0 Å². The molecule has 3 rings (SSSR count). The maximum Gasteiger partial charge on any atom is 0.263 e. The largest absolute Gasteiger partial charge is 0.316 e. The minimum absolute atomic E-state index is 0.152. The van der Waals surface area contributed by atoms with Crippen molar-refractivity contribution in [3.8, 4) is 0 Å².